The van der Waals surface area contributed by atoms with Gasteiger partial charge in [-0.3, -0.25) is 8.98 Å². The lowest BCUT2D eigenvalue weighted by Gasteiger charge is -2.27. The van der Waals surface area contributed by atoms with Crippen molar-refractivity contribution in [1.29, 1.82) is 0 Å². The van der Waals surface area contributed by atoms with Crippen LogP contribution in [-0.2, 0) is 38.0 Å². The molecule has 0 spiro atoms. The van der Waals surface area contributed by atoms with Gasteiger partial charge in [-0.05, 0) is 24.3 Å². The van der Waals surface area contributed by atoms with Crippen molar-refractivity contribution in [2.45, 2.75) is 37.6 Å². The first-order chi connectivity index (χ1) is 16.5. The Kier molecular flexibility index (Phi) is 8.57. The Morgan fingerprint density at radius 3 is 2.00 bits per heavy atom. The molecule has 1 aliphatic rings. The molecule has 35 heavy (non-hydrogen) atoms. The molecular formula is C23H24O11S. The summed E-state index contributed by atoms with van der Waals surface area (Å²) in [7, 11) is -4.15. The predicted molar refractivity (Wildman–Crippen MR) is 119 cm³/mol. The number of aliphatic hydroxyl groups excluding tert-OH is 1. The monoisotopic (exact) mass is 508 g/mol. The zero-order valence-electron chi connectivity index (χ0n) is 18.8. The highest BCUT2D eigenvalue weighted by molar-refractivity contribution is 7.86. The molecule has 5 atom stereocenters. The maximum Gasteiger partial charge on any atom is 0.338 e. The number of carbonyl (C=O) groups is 3. The topological polar surface area (TPSA) is 152 Å². The molecule has 188 valence electrons. The largest absolute Gasteiger partial charge is 0.458 e. The summed E-state index contributed by atoms with van der Waals surface area (Å²) in [4.78, 5) is 36.7. The molecule has 0 unspecified atom stereocenters. The highest BCUT2D eigenvalue weighted by Gasteiger charge is 2.53. The van der Waals surface area contributed by atoms with E-state index in [1.165, 1.54) is 24.3 Å². The van der Waals surface area contributed by atoms with Crippen LogP contribution in [0.2, 0.25) is 0 Å². The Morgan fingerprint density at radius 1 is 0.943 bits per heavy atom. The summed E-state index contributed by atoms with van der Waals surface area (Å²) in [5.74, 6) is -2.42. The minimum atomic E-state index is -4.15. The van der Waals surface area contributed by atoms with Crippen LogP contribution in [0.3, 0.4) is 0 Å². The van der Waals surface area contributed by atoms with Crippen LogP contribution in [0.4, 0.5) is 0 Å². The van der Waals surface area contributed by atoms with Crippen molar-refractivity contribution in [1.82, 2.24) is 0 Å². The molecule has 1 saturated heterocycles. The van der Waals surface area contributed by atoms with E-state index in [1.807, 2.05) is 0 Å². The van der Waals surface area contributed by atoms with Gasteiger partial charge < -0.3 is 24.1 Å². The molecule has 1 N–H and O–H groups in total. The summed E-state index contributed by atoms with van der Waals surface area (Å²) in [5, 5.41) is 10.3. The molecular weight excluding hydrogens is 484 g/mol. The van der Waals surface area contributed by atoms with Crippen molar-refractivity contribution in [2.24, 2.45) is 0 Å². The molecule has 11 nitrogen and oxygen atoms in total. The summed E-state index contributed by atoms with van der Waals surface area (Å²) in [6.07, 6.45) is -7.15. The van der Waals surface area contributed by atoms with Gasteiger partial charge in [0, 0.05) is 6.92 Å². The highest BCUT2D eigenvalue weighted by Crippen LogP contribution is 2.30. The maximum absolute atomic E-state index is 12.7. The van der Waals surface area contributed by atoms with Crippen molar-refractivity contribution in [3.8, 4) is 0 Å². The predicted octanol–water partition coefficient (Wildman–Crippen LogP) is 1.06. The lowest BCUT2D eigenvalue weighted by Crippen LogP contribution is -2.47. The first-order valence-electron chi connectivity index (χ1n) is 10.4. The average Bonchev–Trinajstić information content (AvgIpc) is 3.10. The molecule has 0 radical (unpaired) electrons. The van der Waals surface area contributed by atoms with E-state index in [0.29, 0.717) is 0 Å². The molecule has 12 heteroatoms. The van der Waals surface area contributed by atoms with Gasteiger partial charge in [-0.25, -0.2) is 9.59 Å². The normalized spacial score (nSPS) is 22.7. The summed E-state index contributed by atoms with van der Waals surface area (Å²) < 4.78 is 50.0. The van der Waals surface area contributed by atoms with Crippen LogP contribution in [0.1, 0.15) is 27.6 Å². The standard InChI is InChI=1S/C23H24O11S/c1-14(24)31-20-19(34-35(2,28)29)18(33-23(20)27)17(32-22(26)16-11-7-4-8-12-16)13-30-21(25)15-9-5-3-6-10-15/h3-12,17-20,23,27H,13H2,1-2H3/t17-,18-,19+,20-,23-/m1/s1. The third-order valence-electron chi connectivity index (χ3n) is 4.84. The van der Waals surface area contributed by atoms with E-state index in [4.69, 9.17) is 23.1 Å². The van der Waals surface area contributed by atoms with Gasteiger partial charge in [0.2, 0.25) is 0 Å². The van der Waals surface area contributed by atoms with E-state index in [0.717, 1.165) is 13.2 Å². The number of benzene rings is 2. The number of ether oxygens (including phenoxy) is 4. The van der Waals surface area contributed by atoms with Crippen LogP contribution in [0.5, 0.6) is 0 Å². The molecule has 0 aliphatic carbocycles. The number of esters is 3. The van der Waals surface area contributed by atoms with Gasteiger partial charge in [-0.2, -0.15) is 8.42 Å². The van der Waals surface area contributed by atoms with Crippen LogP contribution in [0.25, 0.3) is 0 Å². The Hall–Kier alpha value is -3.32. The molecule has 1 heterocycles. The zero-order chi connectivity index (χ0) is 25.6. The molecule has 2 aromatic rings. The fourth-order valence-corrected chi connectivity index (χ4v) is 4.01. The third-order valence-corrected chi connectivity index (χ3v) is 5.41. The smallest absolute Gasteiger partial charge is 0.338 e. The second kappa shape index (κ2) is 11.4. The number of hydrogen-bond acceptors (Lipinski definition) is 11. The van der Waals surface area contributed by atoms with Gasteiger partial charge in [0.15, 0.2) is 18.5 Å². The lowest BCUT2D eigenvalue weighted by molar-refractivity contribution is -0.173. The van der Waals surface area contributed by atoms with E-state index < -0.39 is 65.3 Å². The highest BCUT2D eigenvalue weighted by atomic mass is 32.2. The SMILES string of the molecule is CC(=O)O[C@@H]1[C@@H](OS(C)(=O)=O)[C@@H]([C@@H](COC(=O)c2ccccc2)OC(=O)c2ccccc2)O[C@H]1O. The Morgan fingerprint density at radius 2 is 1.49 bits per heavy atom. The van der Waals surface area contributed by atoms with Gasteiger partial charge in [-0.15, -0.1) is 0 Å². The van der Waals surface area contributed by atoms with E-state index in [2.05, 4.69) is 0 Å². The number of aliphatic hydroxyl groups is 1. The molecule has 0 bridgehead atoms. The second-order valence-corrected chi connectivity index (χ2v) is 9.21. The fourth-order valence-electron chi connectivity index (χ4n) is 3.38. The number of hydrogen-bond donors (Lipinski definition) is 1. The van der Waals surface area contributed by atoms with Crippen LogP contribution in [0.15, 0.2) is 60.7 Å². The summed E-state index contributed by atoms with van der Waals surface area (Å²) in [6.45, 7) is 0.464. The average molecular weight is 509 g/mol. The van der Waals surface area contributed by atoms with Gasteiger partial charge in [0.25, 0.3) is 10.1 Å². The molecule has 0 saturated carbocycles. The van der Waals surface area contributed by atoms with Crippen molar-refractivity contribution in [3.63, 3.8) is 0 Å². The van der Waals surface area contributed by atoms with E-state index in [9.17, 15) is 27.9 Å². The first-order valence-corrected chi connectivity index (χ1v) is 12.2. The minimum Gasteiger partial charge on any atom is -0.458 e. The van der Waals surface area contributed by atoms with Crippen LogP contribution in [-0.4, -0.2) is 75.0 Å². The maximum atomic E-state index is 12.7. The fraction of sp³-hybridized carbons (Fsp3) is 0.348. The van der Waals surface area contributed by atoms with Crippen LogP contribution < -0.4 is 0 Å². The van der Waals surface area contributed by atoms with Crippen LogP contribution >= 0.6 is 0 Å². The van der Waals surface area contributed by atoms with Crippen molar-refractivity contribution < 1.29 is 51.0 Å². The van der Waals surface area contributed by atoms with E-state index >= 15 is 0 Å². The summed E-state index contributed by atoms with van der Waals surface area (Å²) >= 11 is 0. The minimum absolute atomic E-state index is 0.155. The van der Waals surface area contributed by atoms with Crippen molar-refractivity contribution >= 4 is 28.0 Å². The summed E-state index contributed by atoms with van der Waals surface area (Å²) in [5.41, 5.74) is 0.372. The Labute approximate surface area is 201 Å². The molecule has 0 amide bonds. The number of rotatable bonds is 9. The lowest BCUT2D eigenvalue weighted by atomic mass is 10.1. The first kappa shape index (κ1) is 26.3. The van der Waals surface area contributed by atoms with Gasteiger partial charge in [0.05, 0.1) is 17.4 Å². The molecule has 1 fully saturated rings. The zero-order valence-corrected chi connectivity index (χ0v) is 19.6. The van der Waals surface area contributed by atoms with E-state index in [1.54, 1.807) is 36.4 Å². The van der Waals surface area contributed by atoms with E-state index in [-0.39, 0.29) is 11.1 Å². The van der Waals surface area contributed by atoms with Gasteiger partial charge >= 0.3 is 17.9 Å². The van der Waals surface area contributed by atoms with Crippen LogP contribution in [0, 0.1) is 0 Å². The number of carbonyl (C=O) groups excluding carboxylic acids is 3. The van der Waals surface area contributed by atoms with Crippen molar-refractivity contribution in [2.75, 3.05) is 12.9 Å². The molecule has 0 aromatic heterocycles. The molecule has 1 aliphatic heterocycles. The molecule has 2 aromatic carbocycles. The summed E-state index contributed by atoms with van der Waals surface area (Å²) in [6, 6.07) is 15.8. The van der Waals surface area contributed by atoms with Gasteiger partial charge in [0.1, 0.15) is 18.8 Å². The Balaban J connectivity index is 1.89. The quantitative estimate of drug-likeness (QED) is 0.294. The van der Waals surface area contributed by atoms with Gasteiger partial charge in [-0.1, -0.05) is 36.4 Å². The van der Waals surface area contributed by atoms with Crippen molar-refractivity contribution in [3.05, 3.63) is 71.8 Å². The third kappa shape index (κ3) is 7.33. The molecule has 3 rings (SSSR count). The second-order valence-electron chi connectivity index (χ2n) is 7.60. The Bertz CT molecular complexity index is 1130.